The maximum atomic E-state index is 12.6. The maximum Gasteiger partial charge on any atom is 0.227 e. The van der Waals surface area contributed by atoms with E-state index in [4.69, 9.17) is 14.7 Å². The molecule has 1 saturated heterocycles. The number of methoxy groups -OCH3 is 1. The van der Waals surface area contributed by atoms with Gasteiger partial charge in [-0.1, -0.05) is 32.0 Å². The van der Waals surface area contributed by atoms with Crippen molar-refractivity contribution < 1.29 is 9.53 Å². The van der Waals surface area contributed by atoms with Crippen LogP contribution in [0.5, 0.6) is 0 Å². The third-order valence-corrected chi connectivity index (χ3v) is 6.99. The number of benzene rings is 1. The summed E-state index contributed by atoms with van der Waals surface area (Å²) in [5.74, 6) is 2.27. The van der Waals surface area contributed by atoms with E-state index in [0.29, 0.717) is 25.5 Å². The number of anilines is 1. The van der Waals surface area contributed by atoms with Gasteiger partial charge in [0.05, 0.1) is 31.1 Å². The van der Waals surface area contributed by atoms with Gasteiger partial charge in [-0.25, -0.2) is 9.97 Å². The van der Waals surface area contributed by atoms with E-state index in [0.717, 1.165) is 53.6 Å². The Kier molecular flexibility index (Phi) is 7.90. The van der Waals surface area contributed by atoms with Crippen molar-refractivity contribution in [1.29, 1.82) is 0 Å². The van der Waals surface area contributed by atoms with Gasteiger partial charge in [-0.05, 0) is 29.5 Å². The Morgan fingerprint density at radius 3 is 2.61 bits per heavy atom. The second-order valence-corrected chi connectivity index (χ2v) is 9.90. The predicted octanol–water partition coefficient (Wildman–Crippen LogP) is 3.66. The first kappa shape index (κ1) is 23.6. The third kappa shape index (κ3) is 6.07. The highest BCUT2D eigenvalue weighted by molar-refractivity contribution is 7.10. The van der Waals surface area contributed by atoms with E-state index in [1.54, 1.807) is 18.4 Å². The normalized spacial score (nSPS) is 15.8. The Bertz CT molecular complexity index is 1050. The second-order valence-electron chi connectivity index (χ2n) is 8.87. The van der Waals surface area contributed by atoms with Gasteiger partial charge in [0.2, 0.25) is 5.91 Å². The van der Waals surface area contributed by atoms with E-state index in [-0.39, 0.29) is 11.9 Å². The molecule has 4 rings (SSSR count). The number of thiophene rings is 1. The van der Waals surface area contributed by atoms with Crippen molar-refractivity contribution in [2.45, 2.75) is 32.9 Å². The Morgan fingerprint density at radius 2 is 1.91 bits per heavy atom. The van der Waals surface area contributed by atoms with E-state index >= 15 is 0 Å². The predicted molar refractivity (Wildman–Crippen MR) is 134 cm³/mol. The zero-order valence-electron chi connectivity index (χ0n) is 19.7. The molecule has 1 aliphatic rings. The van der Waals surface area contributed by atoms with E-state index in [1.807, 2.05) is 40.6 Å². The number of hydrogen-bond donors (Lipinski definition) is 1. The van der Waals surface area contributed by atoms with Crippen LogP contribution >= 0.6 is 11.3 Å². The van der Waals surface area contributed by atoms with Gasteiger partial charge in [0.15, 0.2) is 0 Å². The molecule has 3 heterocycles. The highest BCUT2D eigenvalue weighted by Gasteiger charge is 2.23. The smallest absolute Gasteiger partial charge is 0.227 e. The molecule has 0 aliphatic carbocycles. The first-order valence-corrected chi connectivity index (χ1v) is 12.4. The fourth-order valence-electron chi connectivity index (χ4n) is 4.09. The molecule has 2 aromatic heterocycles. The number of aromatic nitrogens is 2. The number of amides is 1. The van der Waals surface area contributed by atoms with Crippen molar-refractivity contribution >= 4 is 34.0 Å². The average molecular weight is 468 g/mol. The van der Waals surface area contributed by atoms with Gasteiger partial charge in [0.25, 0.3) is 0 Å². The van der Waals surface area contributed by atoms with Gasteiger partial charge >= 0.3 is 0 Å². The molecule has 1 aliphatic heterocycles. The summed E-state index contributed by atoms with van der Waals surface area (Å²) < 4.78 is 5.42. The Hall–Kier alpha value is -2.55. The molecular formula is C25H33N5O2S. The Balaban J connectivity index is 1.43. The summed E-state index contributed by atoms with van der Waals surface area (Å²) in [4.78, 5) is 27.8. The van der Waals surface area contributed by atoms with E-state index in [2.05, 4.69) is 30.1 Å². The number of ether oxygens (including phenoxy) is 1. The summed E-state index contributed by atoms with van der Waals surface area (Å²) in [6.07, 6.45) is 0.499. The lowest BCUT2D eigenvalue weighted by molar-refractivity contribution is -0.132. The van der Waals surface area contributed by atoms with Gasteiger partial charge in [0.1, 0.15) is 11.6 Å². The Morgan fingerprint density at radius 1 is 1.12 bits per heavy atom. The molecule has 176 valence electrons. The van der Waals surface area contributed by atoms with Crippen LogP contribution in [-0.4, -0.2) is 71.6 Å². The van der Waals surface area contributed by atoms with E-state index in [9.17, 15) is 4.79 Å². The second kappa shape index (κ2) is 11.0. The standard InChI is InChI=1S/C25H33N5O2S/c1-18(2)22(17-32-3)27-25-20-8-4-5-9-21(20)26-23(28-25)16-29-10-12-30(13-11-29)24(31)15-19-7-6-14-33-19/h4-9,14,18,22H,10-13,15-17H2,1-3H3,(H,26,27,28)/t22-/m1/s1. The van der Waals surface area contributed by atoms with Crippen molar-refractivity contribution in [1.82, 2.24) is 19.8 Å². The topological polar surface area (TPSA) is 70.6 Å². The first-order chi connectivity index (χ1) is 16.0. The van der Waals surface area contributed by atoms with Crippen molar-refractivity contribution in [3.63, 3.8) is 0 Å². The average Bonchev–Trinajstić information content (AvgIpc) is 3.32. The quantitative estimate of drug-likeness (QED) is 0.518. The first-order valence-electron chi connectivity index (χ1n) is 11.6. The zero-order chi connectivity index (χ0) is 23.2. The molecule has 7 nitrogen and oxygen atoms in total. The molecule has 0 radical (unpaired) electrons. The summed E-state index contributed by atoms with van der Waals surface area (Å²) in [6.45, 7) is 8.79. The largest absolute Gasteiger partial charge is 0.383 e. The Labute approximate surface area is 199 Å². The zero-order valence-corrected chi connectivity index (χ0v) is 20.5. The van der Waals surface area contributed by atoms with Crippen LogP contribution in [0.3, 0.4) is 0 Å². The lowest BCUT2D eigenvalue weighted by Crippen LogP contribution is -2.48. The molecule has 1 N–H and O–H groups in total. The molecule has 1 atom stereocenters. The number of para-hydroxylation sites is 1. The lowest BCUT2D eigenvalue weighted by atomic mass is 10.1. The van der Waals surface area contributed by atoms with Crippen LogP contribution in [0, 0.1) is 5.92 Å². The number of piperazine rings is 1. The van der Waals surface area contributed by atoms with Crippen molar-refractivity contribution in [2.24, 2.45) is 5.92 Å². The van der Waals surface area contributed by atoms with E-state index in [1.165, 1.54) is 0 Å². The van der Waals surface area contributed by atoms with Gasteiger partial charge < -0.3 is 15.0 Å². The fourth-order valence-corrected chi connectivity index (χ4v) is 4.79. The van der Waals surface area contributed by atoms with Gasteiger partial charge in [-0.2, -0.15) is 0 Å². The SMILES string of the molecule is COC[C@@H](Nc1nc(CN2CCN(C(=O)Cc3cccs3)CC2)nc2ccccc12)C(C)C. The molecule has 3 aromatic rings. The minimum atomic E-state index is 0.166. The summed E-state index contributed by atoms with van der Waals surface area (Å²) in [5, 5.41) is 6.64. The minimum absolute atomic E-state index is 0.166. The number of carbonyl (C=O) groups is 1. The minimum Gasteiger partial charge on any atom is -0.383 e. The summed E-state index contributed by atoms with van der Waals surface area (Å²) >= 11 is 1.64. The van der Waals surface area contributed by atoms with Crippen LogP contribution in [-0.2, 0) is 22.5 Å². The molecule has 1 fully saturated rings. The third-order valence-electron chi connectivity index (χ3n) is 6.12. The van der Waals surface area contributed by atoms with Crippen LogP contribution in [0.4, 0.5) is 5.82 Å². The molecule has 1 aromatic carbocycles. The molecule has 0 unspecified atom stereocenters. The lowest BCUT2D eigenvalue weighted by Gasteiger charge is -2.34. The molecule has 8 heteroatoms. The fraction of sp³-hybridized carbons (Fsp3) is 0.480. The van der Waals surface area contributed by atoms with Crippen LogP contribution in [0.2, 0.25) is 0 Å². The maximum absolute atomic E-state index is 12.6. The van der Waals surface area contributed by atoms with E-state index < -0.39 is 0 Å². The number of hydrogen-bond acceptors (Lipinski definition) is 7. The molecule has 0 saturated carbocycles. The molecular weight excluding hydrogens is 434 g/mol. The number of carbonyl (C=O) groups excluding carboxylic acids is 1. The van der Waals surface area contributed by atoms with Crippen LogP contribution in [0.25, 0.3) is 10.9 Å². The number of fused-ring (bicyclic) bond motifs is 1. The highest BCUT2D eigenvalue weighted by Crippen LogP contribution is 2.23. The molecule has 0 spiro atoms. The monoisotopic (exact) mass is 467 g/mol. The summed E-state index contributed by atoms with van der Waals surface area (Å²) in [7, 11) is 1.73. The van der Waals surface area contributed by atoms with Crippen LogP contribution < -0.4 is 5.32 Å². The summed E-state index contributed by atoms with van der Waals surface area (Å²) in [5.41, 5.74) is 0.940. The van der Waals surface area contributed by atoms with Crippen LogP contribution in [0.1, 0.15) is 24.5 Å². The van der Waals surface area contributed by atoms with Crippen molar-refractivity contribution in [3.8, 4) is 0 Å². The number of nitrogens with zero attached hydrogens (tertiary/aromatic N) is 4. The number of nitrogens with one attached hydrogen (secondary N) is 1. The molecule has 1 amide bonds. The van der Waals surface area contributed by atoms with Crippen molar-refractivity contribution in [3.05, 3.63) is 52.5 Å². The van der Waals surface area contributed by atoms with Crippen molar-refractivity contribution in [2.75, 3.05) is 45.2 Å². The molecule has 0 bridgehead atoms. The molecule has 33 heavy (non-hydrogen) atoms. The summed E-state index contributed by atoms with van der Waals surface area (Å²) in [6, 6.07) is 12.3. The van der Waals surface area contributed by atoms with Crippen LogP contribution in [0.15, 0.2) is 41.8 Å². The van der Waals surface area contributed by atoms with Gasteiger partial charge in [0, 0.05) is 43.6 Å². The van der Waals surface area contributed by atoms with Gasteiger partial charge in [-0.15, -0.1) is 11.3 Å². The number of rotatable bonds is 9. The van der Waals surface area contributed by atoms with Gasteiger partial charge in [-0.3, -0.25) is 9.69 Å². The highest BCUT2D eigenvalue weighted by atomic mass is 32.1.